The van der Waals surface area contributed by atoms with Crippen molar-refractivity contribution in [2.24, 2.45) is 0 Å². The van der Waals surface area contributed by atoms with E-state index in [1.165, 1.54) is 181 Å². The summed E-state index contributed by atoms with van der Waals surface area (Å²) in [6.07, 6.45) is 7.46. The van der Waals surface area contributed by atoms with Gasteiger partial charge in [-0.1, -0.05) is 237 Å². The van der Waals surface area contributed by atoms with Gasteiger partial charge in [0.1, 0.15) is 0 Å². The molecule has 16 aromatic carbocycles. The maximum atomic E-state index is 4.34. The van der Waals surface area contributed by atoms with Gasteiger partial charge in [-0.05, 0) is 205 Å². The summed E-state index contributed by atoms with van der Waals surface area (Å²) in [6, 6.07) is 115. The van der Waals surface area contributed by atoms with Crippen LogP contribution >= 0.6 is 0 Å². The van der Waals surface area contributed by atoms with Gasteiger partial charge in [-0.25, -0.2) is 0 Å². The minimum atomic E-state index is 1.13. The number of nitrogens with zero attached hydrogens (tertiary/aromatic N) is 4. The minimum Gasteiger partial charge on any atom is -0.309 e. The SMILES string of the molecule is c1cc(-c2ccncc2)cc(-c2ccc3ccc4c(-c5ccc(-n6c7ccccc7c7ccccc76)cc5)ccc5ccc2c3c54)c1.c1cncc(-c2cccc(-c3ccc4ccc5c(-c6ccc(-n7c8ccccc8c8ccccc87)cc6)ccc6ccc3c4c65)c2)c1. The van der Waals surface area contributed by atoms with Gasteiger partial charge in [-0.2, -0.15) is 0 Å². The number of hydrogen-bond donors (Lipinski definition) is 0. The second kappa shape index (κ2) is 21.6. The number of benzene rings is 16. The van der Waals surface area contributed by atoms with E-state index in [1.807, 2.05) is 30.9 Å². The van der Waals surface area contributed by atoms with Gasteiger partial charge < -0.3 is 9.13 Å². The molecule has 0 saturated heterocycles. The molecule has 0 fully saturated rings. The minimum absolute atomic E-state index is 1.13. The molecule has 0 amide bonds. The Bertz CT molecular complexity index is 5820. The molecule has 0 spiro atoms. The molecule has 0 bridgehead atoms. The van der Waals surface area contributed by atoms with E-state index in [-0.39, 0.29) is 0 Å². The fourth-order valence-corrected chi connectivity index (χ4v) is 15.4. The van der Waals surface area contributed by atoms with Gasteiger partial charge in [-0.15, -0.1) is 0 Å². The molecule has 0 aliphatic rings. The Labute approximate surface area is 542 Å². The zero-order chi connectivity index (χ0) is 61.8. The molecule has 94 heavy (non-hydrogen) atoms. The second-order valence-electron chi connectivity index (χ2n) is 24.8. The number of para-hydroxylation sites is 4. The largest absolute Gasteiger partial charge is 0.309 e. The van der Waals surface area contributed by atoms with Crippen molar-refractivity contribution < 1.29 is 0 Å². The lowest BCUT2D eigenvalue weighted by molar-refractivity contribution is 1.18. The van der Waals surface area contributed by atoms with E-state index in [4.69, 9.17) is 0 Å². The van der Waals surface area contributed by atoms with Crippen LogP contribution in [0.1, 0.15) is 0 Å². The smallest absolute Gasteiger partial charge is 0.0541 e. The topological polar surface area (TPSA) is 35.6 Å². The highest BCUT2D eigenvalue weighted by Crippen LogP contribution is 2.46. The normalized spacial score (nSPS) is 11.8. The zero-order valence-corrected chi connectivity index (χ0v) is 51.1. The van der Waals surface area contributed by atoms with Gasteiger partial charge in [0.15, 0.2) is 0 Å². The second-order valence-corrected chi connectivity index (χ2v) is 24.8. The third-order valence-corrected chi connectivity index (χ3v) is 19.7. The van der Waals surface area contributed by atoms with Crippen molar-refractivity contribution in [3.05, 3.63) is 340 Å². The van der Waals surface area contributed by atoms with Gasteiger partial charge in [0.25, 0.3) is 0 Å². The predicted molar refractivity (Wildman–Crippen MR) is 397 cm³/mol. The first kappa shape index (κ1) is 53.3. The van der Waals surface area contributed by atoms with Crippen LogP contribution in [0, 0.1) is 0 Å². The van der Waals surface area contributed by atoms with Gasteiger partial charge >= 0.3 is 0 Å². The van der Waals surface area contributed by atoms with Gasteiger partial charge in [0.05, 0.1) is 22.1 Å². The van der Waals surface area contributed by atoms with Crippen LogP contribution in [-0.4, -0.2) is 19.1 Å². The lowest BCUT2D eigenvalue weighted by Gasteiger charge is -2.17. The molecule has 0 unspecified atom stereocenters. The molecule has 0 saturated carbocycles. The predicted octanol–water partition coefficient (Wildman–Crippen LogP) is 24.2. The molecule has 4 aromatic heterocycles. The number of hydrogen-bond acceptors (Lipinski definition) is 2. The van der Waals surface area contributed by atoms with Crippen LogP contribution in [0.4, 0.5) is 0 Å². The lowest BCUT2D eigenvalue weighted by Crippen LogP contribution is -1.94. The highest BCUT2D eigenvalue weighted by molar-refractivity contribution is 6.29. The summed E-state index contributed by atoms with van der Waals surface area (Å²) >= 11 is 0. The standard InChI is InChI=1S/2C45H28N2/c1-3-12-42-38(10-1)39-11-2-4-13-43(39)47(42)35-20-14-29(15-21-35)36-22-16-30-19-25-41-37(23-17-31-18-24-40(36)44(30)45(31)41)33-8-5-7-32(27-33)34-9-6-26-46-28-34;1-3-10-42-38(8-1)39-9-2-4-11-43(39)47(42)35-18-12-30(13-19-35)36-20-14-31-17-23-41-37(21-15-32-16-22-40(36)44(31)45(32)41)34-7-5-6-33(28-34)29-24-26-46-27-25-29/h2*1-28H. The maximum Gasteiger partial charge on any atom is 0.0541 e. The lowest BCUT2D eigenvalue weighted by atomic mass is 9.87. The molecule has 436 valence electrons. The third kappa shape index (κ3) is 8.54. The van der Waals surface area contributed by atoms with Gasteiger partial charge in [0.2, 0.25) is 0 Å². The van der Waals surface area contributed by atoms with E-state index in [0.717, 1.165) is 5.56 Å². The average molecular weight is 1190 g/mol. The Hall–Kier alpha value is -12.5. The first-order valence-corrected chi connectivity index (χ1v) is 32.2. The summed E-state index contributed by atoms with van der Waals surface area (Å²) in [7, 11) is 0. The van der Waals surface area contributed by atoms with Crippen molar-refractivity contribution in [3.63, 3.8) is 0 Å². The van der Waals surface area contributed by atoms with E-state index in [9.17, 15) is 0 Å². The fraction of sp³-hybridized carbons (Fsp3) is 0. The zero-order valence-electron chi connectivity index (χ0n) is 51.1. The van der Waals surface area contributed by atoms with E-state index in [1.54, 1.807) is 0 Å². The summed E-state index contributed by atoms with van der Waals surface area (Å²) in [4.78, 5) is 8.55. The molecule has 0 N–H and O–H groups in total. The van der Waals surface area contributed by atoms with E-state index in [2.05, 4.69) is 328 Å². The molecule has 0 aliphatic carbocycles. The monoisotopic (exact) mass is 1190 g/mol. The van der Waals surface area contributed by atoms with Crippen molar-refractivity contribution in [2.45, 2.75) is 0 Å². The molecule has 0 aliphatic heterocycles. The molecular weight excluding hydrogens is 1140 g/mol. The molecular formula is C90H56N4. The summed E-state index contributed by atoms with van der Waals surface area (Å²) in [6.45, 7) is 0. The number of fused-ring (bicyclic) bond motifs is 6. The van der Waals surface area contributed by atoms with Gasteiger partial charge in [-0.3, -0.25) is 9.97 Å². The van der Waals surface area contributed by atoms with Crippen molar-refractivity contribution in [3.8, 4) is 78.1 Å². The summed E-state index contributed by atoms with van der Waals surface area (Å²) < 4.78 is 4.76. The quantitative estimate of drug-likeness (QED) is 0.142. The van der Waals surface area contributed by atoms with E-state index in [0.29, 0.717) is 0 Å². The first-order valence-electron chi connectivity index (χ1n) is 32.2. The Morgan fingerprint density at radius 1 is 0.191 bits per heavy atom. The Morgan fingerprint density at radius 3 is 0.894 bits per heavy atom. The molecule has 0 atom stereocenters. The van der Waals surface area contributed by atoms with Crippen molar-refractivity contribution >= 4 is 108 Å². The van der Waals surface area contributed by atoms with Crippen LogP contribution in [0.2, 0.25) is 0 Å². The van der Waals surface area contributed by atoms with Crippen molar-refractivity contribution in [1.29, 1.82) is 0 Å². The summed E-state index contributed by atoms with van der Waals surface area (Å²) in [5.41, 5.74) is 21.8. The molecule has 20 rings (SSSR count). The third-order valence-electron chi connectivity index (χ3n) is 19.7. The van der Waals surface area contributed by atoms with E-state index < -0.39 is 0 Å². The number of pyridine rings is 2. The Morgan fingerprint density at radius 2 is 0.521 bits per heavy atom. The van der Waals surface area contributed by atoms with Crippen molar-refractivity contribution in [2.75, 3.05) is 0 Å². The number of rotatable bonds is 8. The van der Waals surface area contributed by atoms with Crippen LogP contribution < -0.4 is 0 Å². The molecule has 4 heteroatoms. The number of aromatic nitrogens is 4. The average Bonchev–Trinajstić information content (AvgIpc) is 1.01. The Kier molecular flexibility index (Phi) is 12.3. The summed E-state index contributed by atoms with van der Waals surface area (Å²) in [5.74, 6) is 0. The van der Waals surface area contributed by atoms with Crippen molar-refractivity contribution in [1.82, 2.24) is 19.1 Å². The van der Waals surface area contributed by atoms with Crippen LogP contribution in [0.15, 0.2) is 340 Å². The molecule has 4 nitrogen and oxygen atoms in total. The van der Waals surface area contributed by atoms with Crippen LogP contribution in [0.3, 0.4) is 0 Å². The Balaban J connectivity index is 0.000000133. The first-order chi connectivity index (χ1) is 46.6. The fourth-order valence-electron chi connectivity index (χ4n) is 15.4. The van der Waals surface area contributed by atoms with Crippen LogP contribution in [0.5, 0.6) is 0 Å². The highest BCUT2D eigenvalue weighted by Gasteiger charge is 2.20. The highest BCUT2D eigenvalue weighted by atomic mass is 15.0. The van der Waals surface area contributed by atoms with E-state index >= 15 is 0 Å². The molecule has 4 heterocycles. The van der Waals surface area contributed by atoms with Crippen LogP contribution in [0.25, 0.3) is 186 Å². The maximum absolute atomic E-state index is 4.34. The summed E-state index contributed by atoms with van der Waals surface area (Å²) in [5, 5.41) is 20.6. The van der Waals surface area contributed by atoms with Gasteiger partial charge in [0, 0.05) is 63.3 Å². The molecule has 20 aromatic rings. The molecule has 0 radical (unpaired) electrons. The van der Waals surface area contributed by atoms with Crippen LogP contribution in [-0.2, 0) is 0 Å².